The van der Waals surface area contributed by atoms with Gasteiger partial charge in [-0.05, 0) is 72.8 Å². The Balaban J connectivity index is 0.00000297. The lowest BCUT2D eigenvalue weighted by atomic mass is 10.1. The van der Waals surface area contributed by atoms with Gasteiger partial charge in [-0.15, -0.1) is 53.5 Å². The van der Waals surface area contributed by atoms with Crippen molar-refractivity contribution in [3.63, 3.8) is 0 Å². The molecule has 0 spiro atoms. The molecular weight excluding hydrogens is 1430 g/mol. The molecule has 0 unspecified atom stereocenters. The third kappa shape index (κ3) is 15.4. The minimum atomic E-state index is -5.84. The molecule has 0 saturated carbocycles. The van der Waals surface area contributed by atoms with Crippen LogP contribution in [0.4, 0.5) is 56.9 Å². The number of phenolic OH excluding ortho intramolecular Hbond substituents is 2. The molecule has 8 rings (SSSR count). The number of nitrogens with zero attached hydrogens (tertiary/aromatic N) is 11. The lowest BCUT2D eigenvalue weighted by Crippen LogP contribution is -2.04. The smallest absolute Gasteiger partial charge is 0.425 e. The van der Waals surface area contributed by atoms with Gasteiger partial charge in [0, 0.05) is 28.3 Å². The van der Waals surface area contributed by atoms with Crippen molar-refractivity contribution in [1.29, 1.82) is 0 Å². The molecule has 0 bridgehead atoms. The van der Waals surface area contributed by atoms with Gasteiger partial charge >= 0.3 is 10.6 Å². The molecule has 0 radical (unpaired) electrons. The highest BCUT2D eigenvalue weighted by molar-refractivity contribution is 7.88. The first-order chi connectivity index (χ1) is 42.7. The fourth-order valence-corrected chi connectivity index (χ4v) is 12.5. The van der Waals surface area contributed by atoms with E-state index in [0.717, 1.165) is 48.5 Å². The Bertz CT molecular complexity index is 5620. The third-order valence-electron chi connectivity index (χ3n) is 11.6. The average molecular weight is 1450 g/mol. The van der Waals surface area contributed by atoms with Gasteiger partial charge in [-0.3, -0.25) is 46.8 Å². The van der Waals surface area contributed by atoms with Gasteiger partial charge in [0.2, 0.25) is 11.6 Å². The molecular formula is C42H28N12O31S8. The predicted molar refractivity (Wildman–Crippen MR) is 302 cm³/mol. The summed E-state index contributed by atoms with van der Waals surface area (Å²) in [6, 6.07) is 9.64. The van der Waals surface area contributed by atoms with Crippen LogP contribution in [0.15, 0.2) is 166 Å². The van der Waals surface area contributed by atoms with E-state index in [1.165, 1.54) is 0 Å². The summed E-state index contributed by atoms with van der Waals surface area (Å²) < 4.78 is 277. The normalized spacial score (nSPS) is 12.9. The number of ether oxygens (including phenoxy) is 1. The van der Waals surface area contributed by atoms with Gasteiger partial charge in [0.05, 0.1) is 32.3 Å². The maximum Gasteiger partial charge on any atom is 0.425 e. The molecule has 51 heteroatoms. The molecule has 0 atom stereocenters. The fraction of sp³-hybridized carbons (Fsp3) is 0. The first-order valence-corrected chi connectivity index (χ1v) is 34.0. The summed E-state index contributed by atoms with van der Waals surface area (Å²) in [6.45, 7) is -0.283. The number of non-ortho nitro benzene ring substituents is 1. The van der Waals surface area contributed by atoms with Crippen molar-refractivity contribution < 1.29 is 133 Å². The molecule has 8 aromatic rings. The number of fused-ring (bicyclic) bond motifs is 2. The summed E-state index contributed by atoms with van der Waals surface area (Å²) in [5.41, 5.74) is -4.03. The van der Waals surface area contributed by atoms with Gasteiger partial charge in [-0.1, -0.05) is 6.07 Å². The molecule has 1 heterocycles. The van der Waals surface area contributed by atoms with Crippen molar-refractivity contribution >= 4 is 166 Å². The van der Waals surface area contributed by atoms with Crippen LogP contribution in [0, 0.1) is 10.1 Å². The van der Waals surface area contributed by atoms with E-state index in [2.05, 4.69) is 50.7 Å². The Hall–Kier alpha value is -10.3. The van der Waals surface area contributed by atoms with Crippen LogP contribution in [0.25, 0.3) is 27.2 Å². The Morgan fingerprint density at radius 3 is 1.48 bits per heavy atom. The molecule has 490 valence electrons. The predicted octanol–water partition coefficient (Wildman–Crippen LogP) is 5.71. The number of nitrogens with two attached hydrogens (primary N) is 1. The van der Waals surface area contributed by atoms with Crippen LogP contribution < -0.4 is 10.5 Å². The zero-order valence-corrected chi connectivity index (χ0v) is 50.6. The molecule has 0 fully saturated rings. The van der Waals surface area contributed by atoms with Crippen LogP contribution >= 0.6 is 0 Å². The highest BCUT2D eigenvalue weighted by Gasteiger charge is 2.32. The van der Waals surface area contributed by atoms with E-state index in [-0.39, 0.29) is 30.4 Å². The van der Waals surface area contributed by atoms with E-state index in [9.17, 15) is 121 Å². The Kier molecular flexibility index (Phi) is 19.2. The molecule has 7 aromatic carbocycles. The van der Waals surface area contributed by atoms with E-state index >= 15 is 0 Å². The molecule has 0 aliphatic carbocycles. The largest absolute Gasteiger partial charge is 0.505 e. The number of nitro groups is 1. The number of benzene rings is 7. The number of hydrogen-bond donors (Lipinski definition) is 11. The first kappa shape index (κ1) is 70.2. The molecule has 1 aromatic heterocycles. The number of carbonyl (C=O) groups excluding carboxylic acids is 1. The summed E-state index contributed by atoms with van der Waals surface area (Å²) in [5.74, 6) is -4.73. The van der Waals surface area contributed by atoms with Gasteiger partial charge in [-0.2, -0.15) is 68.7 Å². The zero-order valence-electron chi connectivity index (χ0n) is 44.0. The van der Waals surface area contributed by atoms with Gasteiger partial charge < -0.3 is 25.8 Å². The van der Waals surface area contributed by atoms with Crippen molar-refractivity contribution in [2.45, 2.75) is 34.3 Å². The maximum atomic E-state index is 13.1. The van der Waals surface area contributed by atoms with Gasteiger partial charge in [0.15, 0.2) is 11.5 Å². The minimum Gasteiger partial charge on any atom is -0.505 e. The Labute approximate surface area is 517 Å². The summed E-state index contributed by atoms with van der Waals surface area (Å²) in [5, 5.41) is 73.7. The number of aromatic hydroxyl groups is 3. The number of anilines is 1. The third-order valence-corrected chi connectivity index (χ3v) is 17.8. The second-order valence-electron chi connectivity index (χ2n) is 17.4. The van der Waals surface area contributed by atoms with Crippen molar-refractivity contribution in [2.75, 3.05) is 5.73 Å². The summed E-state index contributed by atoms with van der Waals surface area (Å²) in [6.07, 6.45) is 0. The molecule has 93 heavy (non-hydrogen) atoms. The molecule has 0 saturated heterocycles. The van der Waals surface area contributed by atoms with Crippen molar-refractivity contribution in [1.82, 2.24) is 9.78 Å². The van der Waals surface area contributed by atoms with E-state index in [4.69, 9.17) is 18.4 Å². The molecule has 0 aliphatic rings. The Morgan fingerprint density at radius 2 is 0.968 bits per heavy atom. The number of azo groups is 4. The van der Waals surface area contributed by atoms with Crippen LogP contribution in [-0.2, 0) is 86.2 Å². The second kappa shape index (κ2) is 25.4. The number of carbonyl (C=O) groups is 1. The summed E-state index contributed by atoms with van der Waals surface area (Å²) in [4.78, 5) is 12.2. The topological polar surface area (TPSA) is 705 Å². The van der Waals surface area contributed by atoms with Crippen LogP contribution in [0.2, 0.25) is 0 Å². The lowest BCUT2D eigenvalue weighted by molar-refractivity contribution is -0.385. The number of rotatable bonds is 19. The van der Waals surface area contributed by atoms with Crippen LogP contribution in [0.1, 0.15) is 0 Å². The molecule has 0 amide bonds. The standard InChI is InChI=1S/C42H28N12O28S7.O3S/c43-34-27(15-28(84(64,65)66)22-7-9-25(39(57)33(22)34)46-45-24-8-3-19(54(59)60)13-29(24)85(67,68)69)48-47-26-10-6-21-23(40(26)89(79,80)81)14-32(88(76,77)78)36(38(21)56)50-44-17-11-30(86(70,71)72)35(31(12-17)87(73,74)75)49-51-37-41(82-16-55)52-53(42(37)58)18-1-4-20(5-2-18)83(61,62)63;1-4(2)3/h1-16,56-58H,43H2,(H,61,62,63)(H,64,65,66)(H,67,68,69)(H,70,71,72)(H,73,74,75)(H,76,77,78)(H,79,80,81);. The first-order valence-electron chi connectivity index (χ1n) is 22.9. The number of nitro benzene ring substituents is 1. The SMILES string of the molecule is Nc1c(N=Nc2ccc3c(O)c(N=Nc4cc(S(=O)(=O)O)c(N=Nc5c(OC=O)nn(-c6ccc(S(=O)(=O)O)cc6)c5O)c(S(=O)(=O)O)c4)c(S(=O)(=O)O)cc3c2S(=O)(=O)O)cc(S(=O)(=O)O)c2ccc(N=Nc3ccc([N+](=O)[O-])cc3S(=O)(=O)O)c(O)c12.O=S(=O)=O. The highest BCUT2D eigenvalue weighted by atomic mass is 32.2. The number of phenols is 2. The molecule has 12 N–H and O–H groups in total. The van der Waals surface area contributed by atoms with E-state index in [1.54, 1.807) is 0 Å². The van der Waals surface area contributed by atoms with Crippen LogP contribution in [-0.4, -0.2) is 140 Å². The number of nitrogen functional groups attached to an aromatic ring is 1. The van der Waals surface area contributed by atoms with Gasteiger partial charge in [-0.25, -0.2) is 0 Å². The van der Waals surface area contributed by atoms with Gasteiger partial charge in [0.25, 0.3) is 88.9 Å². The Morgan fingerprint density at radius 1 is 0.495 bits per heavy atom. The average Bonchev–Trinajstić information content (AvgIpc) is 1.32. The maximum absolute atomic E-state index is 13.1. The number of hydrogen-bond acceptors (Lipinski definition) is 34. The molecule has 43 nitrogen and oxygen atoms in total. The van der Waals surface area contributed by atoms with Crippen LogP contribution in [0.5, 0.6) is 23.3 Å². The van der Waals surface area contributed by atoms with E-state index < -0.39 is 222 Å². The minimum absolute atomic E-state index is 0.205. The fourth-order valence-electron chi connectivity index (χ4n) is 7.85. The van der Waals surface area contributed by atoms with E-state index in [1.807, 2.05) is 0 Å². The second-order valence-corrected chi connectivity index (χ2v) is 27.5. The summed E-state index contributed by atoms with van der Waals surface area (Å²) in [7, 11) is -41.7. The molecule has 0 aliphatic heterocycles. The van der Waals surface area contributed by atoms with Gasteiger partial charge in [0.1, 0.15) is 63.5 Å². The summed E-state index contributed by atoms with van der Waals surface area (Å²) >= 11 is 0. The number of aromatic nitrogens is 2. The monoisotopic (exact) mass is 1450 g/mol. The van der Waals surface area contributed by atoms with Crippen molar-refractivity contribution in [3.05, 3.63) is 101 Å². The zero-order chi connectivity index (χ0) is 69.6. The van der Waals surface area contributed by atoms with E-state index in [0.29, 0.717) is 28.9 Å². The van der Waals surface area contributed by atoms with Crippen LogP contribution in [0.3, 0.4) is 0 Å². The highest BCUT2D eigenvalue weighted by Crippen LogP contribution is 2.49. The lowest BCUT2D eigenvalue weighted by Gasteiger charge is -2.13. The van der Waals surface area contributed by atoms with Crippen molar-refractivity contribution in [3.8, 4) is 28.9 Å². The quantitative estimate of drug-likeness (QED) is 0.0115. The van der Waals surface area contributed by atoms with Crippen molar-refractivity contribution in [2.24, 2.45) is 40.9 Å².